The van der Waals surface area contributed by atoms with Gasteiger partial charge in [0.15, 0.2) is 0 Å². The molecule has 0 saturated carbocycles. The summed E-state index contributed by atoms with van der Waals surface area (Å²) in [5.41, 5.74) is 12.0. The topological polar surface area (TPSA) is 50.5 Å². The first-order valence-corrected chi connectivity index (χ1v) is 7.96. The molecular weight excluding hydrogens is 262 g/mol. The molecule has 1 aliphatic rings. The number of ether oxygens (including phenoxy) is 1. The summed E-state index contributed by atoms with van der Waals surface area (Å²) in [5.74, 6) is 0.925. The van der Waals surface area contributed by atoms with Crippen LogP contribution in [-0.2, 0) is 0 Å². The van der Waals surface area contributed by atoms with E-state index in [4.69, 9.17) is 10.5 Å². The number of methoxy groups -OCH3 is 1. The molecule has 1 aliphatic heterocycles. The number of nitrogens with one attached hydrogen (secondary N) is 1. The van der Waals surface area contributed by atoms with Crippen molar-refractivity contribution in [3.05, 3.63) is 29.3 Å². The van der Waals surface area contributed by atoms with Gasteiger partial charge >= 0.3 is 0 Å². The molecule has 1 aromatic carbocycles. The molecule has 4 heteroatoms. The quantitative estimate of drug-likeness (QED) is 0.876. The zero-order valence-corrected chi connectivity index (χ0v) is 13.7. The molecule has 0 aliphatic carbocycles. The molecule has 21 heavy (non-hydrogen) atoms. The van der Waals surface area contributed by atoms with Crippen molar-refractivity contribution in [2.75, 3.05) is 13.7 Å². The Bertz CT molecular complexity index is 453. The summed E-state index contributed by atoms with van der Waals surface area (Å²) in [7, 11) is 1.71. The van der Waals surface area contributed by atoms with Crippen LogP contribution in [-0.4, -0.2) is 30.7 Å². The van der Waals surface area contributed by atoms with Gasteiger partial charge in [-0.2, -0.15) is 0 Å². The molecule has 0 amide bonds. The molecule has 1 aromatic rings. The van der Waals surface area contributed by atoms with Crippen molar-refractivity contribution in [2.24, 2.45) is 5.73 Å². The van der Waals surface area contributed by atoms with Crippen LogP contribution in [0.3, 0.4) is 0 Å². The van der Waals surface area contributed by atoms with Crippen LogP contribution in [0.15, 0.2) is 18.2 Å². The zero-order chi connectivity index (χ0) is 15.4. The smallest absolute Gasteiger partial charge is 0.121 e. The van der Waals surface area contributed by atoms with Crippen molar-refractivity contribution < 1.29 is 4.74 Å². The maximum absolute atomic E-state index is 6.01. The fourth-order valence-electron chi connectivity index (χ4n) is 3.24. The molecule has 0 aromatic heterocycles. The Morgan fingerprint density at radius 1 is 1.33 bits per heavy atom. The van der Waals surface area contributed by atoms with Gasteiger partial charge in [-0.15, -0.1) is 0 Å². The lowest BCUT2D eigenvalue weighted by atomic mass is 9.99. The minimum Gasteiger partial charge on any atom is -0.496 e. The summed E-state index contributed by atoms with van der Waals surface area (Å²) in [4.78, 5) is 0. The minimum atomic E-state index is 0.151. The number of nitrogens with zero attached hydrogens (tertiary/aromatic N) is 1. The highest BCUT2D eigenvalue weighted by Gasteiger charge is 2.26. The van der Waals surface area contributed by atoms with Crippen molar-refractivity contribution in [1.82, 2.24) is 10.4 Å². The summed E-state index contributed by atoms with van der Waals surface area (Å²) >= 11 is 0. The van der Waals surface area contributed by atoms with E-state index in [0.29, 0.717) is 18.6 Å². The van der Waals surface area contributed by atoms with Gasteiger partial charge in [0.2, 0.25) is 0 Å². The van der Waals surface area contributed by atoms with Crippen LogP contribution in [0, 0.1) is 6.92 Å². The lowest BCUT2D eigenvalue weighted by Crippen LogP contribution is -2.54. The van der Waals surface area contributed by atoms with Crippen LogP contribution in [0.4, 0.5) is 0 Å². The Hall–Kier alpha value is -1.10. The van der Waals surface area contributed by atoms with Gasteiger partial charge in [0, 0.05) is 18.6 Å². The molecule has 0 spiro atoms. The summed E-state index contributed by atoms with van der Waals surface area (Å²) < 4.78 is 5.34. The van der Waals surface area contributed by atoms with Crippen molar-refractivity contribution in [3.63, 3.8) is 0 Å². The lowest BCUT2D eigenvalue weighted by Gasteiger charge is -2.41. The number of aryl methyl sites for hydroxylation is 1. The Balaban J connectivity index is 2.13. The van der Waals surface area contributed by atoms with E-state index in [9.17, 15) is 0 Å². The van der Waals surface area contributed by atoms with Crippen LogP contribution in [0.1, 0.15) is 50.3 Å². The van der Waals surface area contributed by atoms with Gasteiger partial charge < -0.3 is 10.5 Å². The first-order chi connectivity index (χ1) is 10.1. The van der Waals surface area contributed by atoms with Crippen LogP contribution in [0.2, 0.25) is 0 Å². The average molecular weight is 291 g/mol. The number of hydrazine groups is 1. The SMILES string of the molecule is COc1ccc(C(CN)NN2C(C)CCCC2C)cc1C. The van der Waals surface area contributed by atoms with Gasteiger partial charge in [-0.1, -0.05) is 18.6 Å². The van der Waals surface area contributed by atoms with Gasteiger partial charge in [0.1, 0.15) is 5.75 Å². The molecule has 4 nitrogen and oxygen atoms in total. The van der Waals surface area contributed by atoms with Crippen molar-refractivity contribution >= 4 is 0 Å². The first kappa shape index (κ1) is 16.3. The van der Waals surface area contributed by atoms with Crippen LogP contribution < -0.4 is 15.9 Å². The molecule has 0 bridgehead atoms. The molecule has 3 atom stereocenters. The second kappa shape index (κ2) is 7.25. The summed E-state index contributed by atoms with van der Waals surface area (Å²) in [6.45, 7) is 7.23. The molecule has 3 unspecified atom stereocenters. The molecular formula is C17H29N3O. The largest absolute Gasteiger partial charge is 0.496 e. The van der Waals surface area contributed by atoms with Crippen LogP contribution in [0.25, 0.3) is 0 Å². The maximum Gasteiger partial charge on any atom is 0.121 e. The minimum absolute atomic E-state index is 0.151. The Kier molecular flexibility index (Phi) is 5.62. The molecule has 1 heterocycles. The van der Waals surface area contributed by atoms with Crippen molar-refractivity contribution in [1.29, 1.82) is 0 Å². The maximum atomic E-state index is 6.01. The Morgan fingerprint density at radius 3 is 2.52 bits per heavy atom. The molecule has 2 rings (SSSR count). The molecule has 118 valence electrons. The van der Waals surface area contributed by atoms with Gasteiger partial charge in [-0.3, -0.25) is 0 Å². The Labute approximate surface area is 128 Å². The average Bonchev–Trinajstić information content (AvgIpc) is 2.47. The third-order valence-corrected chi connectivity index (χ3v) is 4.56. The fourth-order valence-corrected chi connectivity index (χ4v) is 3.24. The zero-order valence-electron chi connectivity index (χ0n) is 13.7. The van der Waals surface area contributed by atoms with E-state index < -0.39 is 0 Å². The molecule has 0 radical (unpaired) electrons. The highest BCUT2D eigenvalue weighted by atomic mass is 16.5. The molecule has 3 N–H and O–H groups in total. The van der Waals surface area contributed by atoms with Gasteiger partial charge in [0.25, 0.3) is 0 Å². The van der Waals surface area contributed by atoms with Crippen molar-refractivity contribution in [2.45, 2.75) is 58.2 Å². The van der Waals surface area contributed by atoms with E-state index in [1.807, 2.05) is 6.07 Å². The summed E-state index contributed by atoms with van der Waals surface area (Å²) in [5, 5.41) is 2.39. The van der Waals surface area contributed by atoms with E-state index in [0.717, 1.165) is 11.3 Å². The molecule has 1 fully saturated rings. The second-order valence-electron chi connectivity index (χ2n) is 6.18. The third-order valence-electron chi connectivity index (χ3n) is 4.56. The monoisotopic (exact) mass is 291 g/mol. The van der Waals surface area contributed by atoms with E-state index >= 15 is 0 Å². The summed E-state index contributed by atoms with van der Waals surface area (Å²) in [6.07, 6.45) is 3.81. The van der Waals surface area contributed by atoms with Crippen LogP contribution in [0.5, 0.6) is 5.75 Å². The number of rotatable bonds is 5. The predicted octanol–water partition coefficient (Wildman–Crippen LogP) is 2.77. The van der Waals surface area contributed by atoms with E-state index in [1.165, 1.54) is 24.8 Å². The second-order valence-corrected chi connectivity index (χ2v) is 6.18. The van der Waals surface area contributed by atoms with E-state index in [-0.39, 0.29) is 6.04 Å². The predicted molar refractivity (Wildman–Crippen MR) is 87.3 cm³/mol. The number of hydrogen-bond donors (Lipinski definition) is 2. The third kappa shape index (κ3) is 3.76. The van der Waals surface area contributed by atoms with Gasteiger partial charge in [0.05, 0.1) is 13.2 Å². The normalized spacial score (nSPS) is 24.8. The standard InChI is InChI=1S/C17H29N3O/c1-12-10-15(8-9-17(12)21-4)16(11-18)19-20-13(2)6-5-7-14(20)3/h8-10,13-14,16,19H,5-7,11,18H2,1-4H3. The van der Waals surface area contributed by atoms with Gasteiger partial charge in [-0.05, 0) is 50.8 Å². The lowest BCUT2D eigenvalue weighted by molar-refractivity contribution is 0.0304. The number of hydrogen-bond acceptors (Lipinski definition) is 4. The number of benzene rings is 1. The number of nitrogens with two attached hydrogens (primary N) is 1. The number of piperidine rings is 1. The highest BCUT2D eigenvalue weighted by Crippen LogP contribution is 2.25. The van der Waals surface area contributed by atoms with E-state index in [2.05, 4.69) is 43.3 Å². The fraction of sp³-hybridized carbons (Fsp3) is 0.647. The summed E-state index contributed by atoms with van der Waals surface area (Å²) in [6, 6.07) is 7.57. The van der Waals surface area contributed by atoms with Crippen LogP contribution >= 0.6 is 0 Å². The first-order valence-electron chi connectivity index (χ1n) is 7.96. The van der Waals surface area contributed by atoms with Crippen molar-refractivity contribution in [3.8, 4) is 5.75 Å². The molecule has 1 saturated heterocycles. The van der Waals surface area contributed by atoms with E-state index in [1.54, 1.807) is 7.11 Å². The van der Waals surface area contributed by atoms with Gasteiger partial charge in [-0.25, -0.2) is 10.4 Å². The Morgan fingerprint density at radius 2 is 2.00 bits per heavy atom. The highest BCUT2D eigenvalue weighted by molar-refractivity contribution is 5.37.